The lowest BCUT2D eigenvalue weighted by Gasteiger charge is -2.13. The number of aryl methyl sites for hydroxylation is 2. The third-order valence-electron chi connectivity index (χ3n) is 4.04. The number of ether oxygens (including phenoxy) is 1. The van der Waals surface area contributed by atoms with E-state index in [2.05, 4.69) is 20.2 Å². The molecule has 0 saturated heterocycles. The Bertz CT molecular complexity index is 668. The molecule has 0 radical (unpaired) electrons. The van der Waals surface area contributed by atoms with Gasteiger partial charge in [-0.1, -0.05) is 18.2 Å². The average Bonchev–Trinajstić information content (AvgIpc) is 3.14. The van der Waals surface area contributed by atoms with Gasteiger partial charge in [0.2, 0.25) is 0 Å². The van der Waals surface area contributed by atoms with Gasteiger partial charge < -0.3 is 19.9 Å². The maximum absolute atomic E-state index is 12.0. The number of aromatic nitrogens is 2. The molecule has 2 aromatic rings. The van der Waals surface area contributed by atoms with E-state index in [9.17, 15) is 4.79 Å². The number of rotatable bonds is 6. The van der Waals surface area contributed by atoms with E-state index in [1.54, 1.807) is 0 Å². The van der Waals surface area contributed by atoms with Crippen LogP contribution in [0.25, 0.3) is 0 Å². The monoisotopic (exact) mass is 314 g/mol. The molecule has 2 heterocycles. The van der Waals surface area contributed by atoms with Crippen LogP contribution in [0.15, 0.2) is 36.7 Å². The van der Waals surface area contributed by atoms with Gasteiger partial charge in [-0.15, -0.1) is 0 Å². The zero-order valence-corrected chi connectivity index (χ0v) is 13.3. The molecule has 1 aromatic heterocycles. The lowest BCUT2D eigenvalue weighted by atomic mass is 10.1. The Labute approximate surface area is 135 Å². The van der Waals surface area contributed by atoms with Crippen molar-refractivity contribution in [2.45, 2.75) is 32.4 Å². The summed E-state index contributed by atoms with van der Waals surface area (Å²) in [5.74, 6) is 1.88. The number of urea groups is 1. The van der Waals surface area contributed by atoms with Gasteiger partial charge in [0.05, 0.1) is 6.04 Å². The molecule has 0 saturated carbocycles. The molecule has 1 atom stereocenters. The van der Waals surface area contributed by atoms with Crippen molar-refractivity contribution < 1.29 is 9.53 Å². The predicted molar refractivity (Wildman–Crippen MR) is 87.4 cm³/mol. The molecule has 1 aliphatic rings. The number of nitrogens with one attached hydrogen (secondary N) is 2. The van der Waals surface area contributed by atoms with Crippen LogP contribution in [0, 0.1) is 6.92 Å². The summed E-state index contributed by atoms with van der Waals surface area (Å²) >= 11 is 0. The summed E-state index contributed by atoms with van der Waals surface area (Å²) in [6.07, 6.45) is 5.73. The molecule has 1 aromatic carbocycles. The Morgan fingerprint density at radius 2 is 2.26 bits per heavy atom. The second kappa shape index (κ2) is 7.17. The highest BCUT2D eigenvalue weighted by Crippen LogP contribution is 2.31. The van der Waals surface area contributed by atoms with Crippen molar-refractivity contribution in [1.82, 2.24) is 20.2 Å². The molecular formula is C17H22N4O2. The van der Waals surface area contributed by atoms with Crippen molar-refractivity contribution in [2.24, 2.45) is 0 Å². The fourth-order valence-corrected chi connectivity index (χ4v) is 2.74. The van der Waals surface area contributed by atoms with E-state index in [1.807, 2.05) is 43.6 Å². The third kappa shape index (κ3) is 3.83. The van der Waals surface area contributed by atoms with Crippen molar-refractivity contribution in [3.8, 4) is 5.75 Å². The molecule has 2 N–H and O–H groups in total. The van der Waals surface area contributed by atoms with Crippen molar-refractivity contribution in [1.29, 1.82) is 0 Å². The lowest BCUT2D eigenvalue weighted by molar-refractivity contribution is 0.232. The summed E-state index contributed by atoms with van der Waals surface area (Å²) in [6.45, 7) is 4.08. The first-order chi connectivity index (χ1) is 11.2. The molecule has 1 aliphatic heterocycles. The second-order valence-corrected chi connectivity index (χ2v) is 5.68. The van der Waals surface area contributed by atoms with Crippen LogP contribution in [-0.2, 0) is 6.54 Å². The number of unbranched alkanes of at least 4 members (excludes halogenated alkanes) is 1. The summed E-state index contributed by atoms with van der Waals surface area (Å²) in [7, 11) is 0. The fourth-order valence-electron chi connectivity index (χ4n) is 2.74. The number of benzene rings is 1. The molecule has 3 rings (SSSR count). The molecule has 122 valence electrons. The molecule has 0 fully saturated rings. The number of fused-ring (bicyclic) bond motifs is 1. The van der Waals surface area contributed by atoms with Gasteiger partial charge in [-0.05, 0) is 25.8 Å². The summed E-state index contributed by atoms with van der Waals surface area (Å²) < 4.78 is 7.67. The number of hydrogen-bond donors (Lipinski definition) is 2. The minimum absolute atomic E-state index is 0.0696. The van der Waals surface area contributed by atoms with E-state index in [0.29, 0.717) is 13.2 Å². The van der Waals surface area contributed by atoms with Crippen LogP contribution in [0.5, 0.6) is 5.75 Å². The molecule has 6 heteroatoms. The Morgan fingerprint density at radius 1 is 1.39 bits per heavy atom. The maximum Gasteiger partial charge on any atom is 0.315 e. The molecule has 0 spiro atoms. The number of hydrogen-bond acceptors (Lipinski definition) is 3. The Hall–Kier alpha value is -2.50. The van der Waals surface area contributed by atoms with Crippen molar-refractivity contribution >= 4 is 6.03 Å². The summed E-state index contributed by atoms with van der Waals surface area (Å²) in [4.78, 5) is 16.2. The van der Waals surface area contributed by atoms with Crippen LogP contribution < -0.4 is 15.4 Å². The maximum atomic E-state index is 12.0. The first-order valence-electron chi connectivity index (χ1n) is 7.98. The topological polar surface area (TPSA) is 68.2 Å². The molecule has 2 amide bonds. The van der Waals surface area contributed by atoms with Crippen LogP contribution in [0.2, 0.25) is 0 Å². The van der Waals surface area contributed by atoms with Gasteiger partial charge in [0.15, 0.2) is 0 Å². The van der Waals surface area contributed by atoms with Crippen molar-refractivity contribution in [3.05, 3.63) is 48.0 Å². The van der Waals surface area contributed by atoms with E-state index in [1.165, 1.54) is 0 Å². The minimum Gasteiger partial charge on any atom is -0.491 e. The van der Waals surface area contributed by atoms with E-state index < -0.39 is 0 Å². The van der Waals surface area contributed by atoms with E-state index >= 15 is 0 Å². The third-order valence-corrected chi connectivity index (χ3v) is 4.04. The Kier molecular flexibility index (Phi) is 4.80. The quantitative estimate of drug-likeness (QED) is 0.805. The standard InChI is InChI=1S/C17H22N4O2/c1-13-18-9-11-21(13)10-5-4-8-19-17(22)20-15-12-23-16-7-3-2-6-14(15)16/h2-3,6-7,9,11,15H,4-5,8,10,12H2,1H3,(H2,19,20,22)/t15-/m0/s1. The van der Waals surface area contributed by atoms with Crippen LogP contribution in [0.1, 0.15) is 30.3 Å². The first-order valence-corrected chi connectivity index (χ1v) is 7.98. The number of amides is 2. The summed E-state index contributed by atoms with van der Waals surface area (Å²) in [6, 6.07) is 7.59. The highest BCUT2D eigenvalue weighted by molar-refractivity contribution is 5.74. The molecular weight excluding hydrogens is 292 g/mol. The average molecular weight is 314 g/mol. The second-order valence-electron chi connectivity index (χ2n) is 5.68. The van der Waals surface area contributed by atoms with Gasteiger partial charge >= 0.3 is 6.03 Å². The van der Waals surface area contributed by atoms with Gasteiger partial charge in [0.25, 0.3) is 0 Å². The Morgan fingerprint density at radius 3 is 3.09 bits per heavy atom. The fraction of sp³-hybridized carbons (Fsp3) is 0.412. The lowest BCUT2D eigenvalue weighted by Crippen LogP contribution is -2.39. The zero-order chi connectivity index (χ0) is 16.1. The molecule has 0 unspecified atom stereocenters. The van der Waals surface area contributed by atoms with Crippen molar-refractivity contribution in [2.75, 3.05) is 13.2 Å². The first kappa shape index (κ1) is 15.4. The van der Waals surface area contributed by atoms with Crippen LogP contribution in [0.4, 0.5) is 4.79 Å². The minimum atomic E-state index is -0.144. The smallest absolute Gasteiger partial charge is 0.315 e. The predicted octanol–water partition coefficient (Wildman–Crippen LogP) is 2.40. The van der Waals surface area contributed by atoms with Crippen LogP contribution in [-0.4, -0.2) is 28.7 Å². The highest BCUT2D eigenvalue weighted by atomic mass is 16.5. The molecule has 6 nitrogen and oxygen atoms in total. The van der Waals surface area contributed by atoms with Gasteiger partial charge in [0, 0.05) is 31.0 Å². The Balaban J connectivity index is 1.35. The van der Waals surface area contributed by atoms with E-state index in [-0.39, 0.29) is 12.1 Å². The molecule has 0 aliphatic carbocycles. The van der Waals surface area contributed by atoms with Gasteiger partial charge in [-0.25, -0.2) is 9.78 Å². The number of imidazole rings is 1. The molecule has 0 bridgehead atoms. The summed E-state index contributed by atoms with van der Waals surface area (Å²) in [5, 5.41) is 5.86. The SMILES string of the molecule is Cc1nccn1CCCCNC(=O)N[C@H]1COc2ccccc21. The largest absolute Gasteiger partial charge is 0.491 e. The van der Waals surface area contributed by atoms with Gasteiger partial charge in [-0.3, -0.25) is 0 Å². The normalized spacial score (nSPS) is 15.8. The number of carbonyl (C=O) groups excluding carboxylic acids is 1. The number of nitrogens with zero attached hydrogens (tertiary/aromatic N) is 2. The van der Waals surface area contributed by atoms with Crippen LogP contribution in [0.3, 0.4) is 0 Å². The molecule has 23 heavy (non-hydrogen) atoms. The zero-order valence-electron chi connectivity index (χ0n) is 13.3. The highest BCUT2D eigenvalue weighted by Gasteiger charge is 2.24. The van der Waals surface area contributed by atoms with Gasteiger partial charge in [0.1, 0.15) is 18.2 Å². The number of carbonyl (C=O) groups is 1. The van der Waals surface area contributed by atoms with Crippen LogP contribution >= 0.6 is 0 Å². The van der Waals surface area contributed by atoms with E-state index in [4.69, 9.17) is 4.74 Å². The number of para-hydroxylation sites is 1. The van der Waals surface area contributed by atoms with Crippen molar-refractivity contribution in [3.63, 3.8) is 0 Å². The van der Waals surface area contributed by atoms with E-state index in [0.717, 1.165) is 36.5 Å². The van der Waals surface area contributed by atoms with Gasteiger partial charge in [-0.2, -0.15) is 0 Å². The summed E-state index contributed by atoms with van der Waals surface area (Å²) in [5.41, 5.74) is 1.04.